The Morgan fingerprint density at radius 3 is 2.70 bits per heavy atom. The van der Waals surface area contributed by atoms with Gasteiger partial charge < -0.3 is 9.64 Å². The van der Waals surface area contributed by atoms with E-state index < -0.39 is 0 Å². The molecule has 1 saturated heterocycles. The van der Waals surface area contributed by atoms with Crippen LogP contribution >= 0.6 is 23.2 Å². The van der Waals surface area contributed by atoms with Crippen LogP contribution < -0.4 is 10.2 Å². The van der Waals surface area contributed by atoms with Crippen LogP contribution in [-0.4, -0.2) is 36.5 Å². The van der Waals surface area contributed by atoms with Crippen molar-refractivity contribution in [3.63, 3.8) is 0 Å². The molecule has 0 unspecified atom stereocenters. The largest absolute Gasteiger partial charge is 0.482 e. The molecule has 0 spiro atoms. The summed E-state index contributed by atoms with van der Waals surface area (Å²) in [5, 5.41) is 3.32. The molecule has 0 aliphatic carbocycles. The minimum Gasteiger partial charge on any atom is -0.482 e. The zero-order chi connectivity index (χ0) is 16.8. The molecular formula is C15H15Cl2N3O3. The van der Waals surface area contributed by atoms with E-state index in [-0.39, 0.29) is 18.6 Å². The van der Waals surface area contributed by atoms with E-state index in [1.165, 1.54) is 12.1 Å². The standard InChI is InChI=1S/C15H15Cl2N3O3/c1-2-10-7-14(13(17)8-12(10)16)23-9-15(21)20-5-3-11(4-6-20)18-19-22/h1,7-8,11H,3-6,9H2,(H,18,22). The highest BCUT2D eigenvalue weighted by atomic mass is 35.5. The second-order valence-electron chi connectivity index (χ2n) is 5.07. The van der Waals surface area contributed by atoms with Gasteiger partial charge in [0.15, 0.2) is 6.61 Å². The second-order valence-corrected chi connectivity index (χ2v) is 5.89. The van der Waals surface area contributed by atoms with Crippen molar-refractivity contribution in [3.8, 4) is 18.1 Å². The van der Waals surface area contributed by atoms with Gasteiger partial charge in [-0.15, -0.1) is 11.3 Å². The number of nitrogens with zero attached hydrogens (tertiary/aromatic N) is 2. The Balaban J connectivity index is 1.90. The van der Waals surface area contributed by atoms with Crippen molar-refractivity contribution in [2.24, 2.45) is 5.29 Å². The average Bonchev–Trinajstić information content (AvgIpc) is 2.55. The van der Waals surface area contributed by atoms with Crippen molar-refractivity contribution in [2.75, 3.05) is 19.7 Å². The lowest BCUT2D eigenvalue weighted by Crippen LogP contribution is -2.45. The van der Waals surface area contributed by atoms with Gasteiger partial charge in [0.2, 0.25) is 0 Å². The first-order valence-corrected chi connectivity index (χ1v) is 7.75. The first-order valence-electron chi connectivity index (χ1n) is 6.99. The lowest BCUT2D eigenvalue weighted by molar-refractivity contribution is -0.134. The number of carbonyl (C=O) groups is 1. The molecule has 0 saturated carbocycles. The Morgan fingerprint density at radius 1 is 1.39 bits per heavy atom. The number of rotatable bonds is 5. The molecule has 0 aromatic heterocycles. The number of benzene rings is 1. The smallest absolute Gasteiger partial charge is 0.260 e. The molecule has 2 rings (SSSR count). The number of hydrogen-bond donors (Lipinski definition) is 1. The summed E-state index contributed by atoms with van der Waals surface area (Å²) in [7, 11) is 0. The summed E-state index contributed by atoms with van der Waals surface area (Å²) in [6.45, 7) is 0.939. The van der Waals surface area contributed by atoms with E-state index in [0.717, 1.165) is 0 Å². The van der Waals surface area contributed by atoms with Gasteiger partial charge in [0.25, 0.3) is 5.91 Å². The summed E-state index contributed by atoms with van der Waals surface area (Å²) >= 11 is 12.0. The highest BCUT2D eigenvalue weighted by Crippen LogP contribution is 2.30. The maximum Gasteiger partial charge on any atom is 0.260 e. The van der Waals surface area contributed by atoms with Crippen LogP contribution in [0.15, 0.2) is 17.4 Å². The predicted molar refractivity (Wildman–Crippen MR) is 88.4 cm³/mol. The molecule has 1 aromatic rings. The van der Waals surface area contributed by atoms with Gasteiger partial charge in [-0.3, -0.25) is 10.2 Å². The molecule has 1 N–H and O–H groups in total. The molecule has 23 heavy (non-hydrogen) atoms. The van der Waals surface area contributed by atoms with Crippen molar-refractivity contribution >= 4 is 29.1 Å². The van der Waals surface area contributed by atoms with Crippen molar-refractivity contribution in [3.05, 3.63) is 32.6 Å². The fourth-order valence-corrected chi connectivity index (χ4v) is 2.81. The van der Waals surface area contributed by atoms with E-state index in [0.29, 0.717) is 47.3 Å². The van der Waals surface area contributed by atoms with Gasteiger partial charge in [0, 0.05) is 23.9 Å². The van der Waals surface area contributed by atoms with E-state index in [9.17, 15) is 9.70 Å². The molecule has 0 atom stereocenters. The van der Waals surface area contributed by atoms with E-state index in [1.807, 2.05) is 0 Å². The van der Waals surface area contributed by atoms with Crippen LogP contribution in [0.2, 0.25) is 10.0 Å². The van der Waals surface area contributed by atoms with Crippen LogP contribution in [-0.2, 0) is 4.79 Å². The lowest BCUT2D eigenvalue weighted by Gasteiger charge is -2.31. The van der Waals surface area contributed by atoms with E-state index >= 15 is 0 Å². The summed E-state index contributed by atoms with van der Waals surface area (Å²) < 4.78 is 5.46. The number of terminal acetylenes is 1. The van der Waals surface area contributed by atoms with Crippen molar-refractivity contribution < 1.29 is 9.53 Å². The minimum atomic E-state index is -0.157. The second kappa shape index (κ2) is 8.04. The van der Waals surface area contributed by atoms with Crippen molar-refractivity contribution in [2.45, 2.75) is 18.9 Å². The van der Waals surface area contributed by atoms with Crippen LogP contribution in [0.4, 0.5) is 0 Å². The Hall–Kier alpha value is -1.97. The van der Waals surface area contributed by atoms with Crippen LogP contribution in [0.3, 0.4) is 0 Å². The zero-order valence-electron chi connectivity index (χ0n) is 12.2. The number of piperidine rings is 1. The fraction of sp³-hybridized carbons (Fsp3) is 0.400. The van der Waals surface area contributed by atoms with Gasteiger partial charge in [-0.25, -0.2) is 0 Å². The molecule has 0 bridgehead atoms. The first-order chi connectivity index (χ1) is 11.0. The summed E-state index contributed by atoms with van der Waals surface area (Å²) in [6, 6.07) is 3.03. The molecule has 122 valence electrons. The molecule has 6 nitrogen and oxygen atoms in total. The van der Waals surface area contributed by atoms with Crippen molar-refractivity contribution in [1.29, 1.82) is 0 Å². The van der Waals surface area contributed by atoms with Crippen LogP contribution in [0.25, 0.3) is 0 Å². The lowest BCUT2D eigenvalue weighted by atomic mass is 10.1. The number of amides is 1. The van der Waals surface area contributed by atoms with Gasteiger partial charge in [-0.1, -0.05) is 29.1 Å². The highest BCUT2D eigenvalue weighted by molar-refractivity contribution is 6.36. The van der Waals surface area contributed by atoms with E-state index in [2.05, 4.69) is 16.6 Å². The Morgan fingerprint density at radius 2 is 2.09 bits per heavy atom. The topological polar surface area (TPSA) is 71.0 Å². The van der Waals surface area contributed by atoms with Crippen LogP contribution in [0.5, 0.6) is 5.75 Å². The monoisotopic (exact) mass is 355 g/mol. The summed E-state index contributed by atoms with van der Waals surface area (Å²) in [6.07, 6.45) is 6.67. The number of ether oxygens (including phenoxy) is 1. The maximum absolute atomic E-state index is 12.2. The average molecular weight is 356 g/mol. The molecule has 8 heteroatoms. The molecular weight excluding hydrogens is 341 g/mol. The normalized spacial score (nSPS) is 14.9. The molecule has 1 fully saturated rings. The summed E-state index contributed by atoms with van der Waals surface area (Å²) in [4.78, 5) is 24.0. The number of halogens is 2. The number of likely N-dealkylation sites (tertiary alicyclic amines) is 1. The van der Waals surface area contributed by atoms with Gasteiger partial charge in [-0.05, 0) is 25.0 Å². The molecule has 0 radical (unpaired) electrons. The highest BCUT2D eigenvalue weighted by Gasteiger charge is 2.23. The summed E-state index contributed by atoms with van der Waals surface area (Å²) in [5.41, 5.74) is 2.93. The van der Waals surface area contributed by atoms with E-state index in [4.69, 9.17) is 34.4 Å². The third kappa shape index (κ3) is 4.50. The first kappa shape index (κ1) is 17.4. The zero-order valence-corrected chi connectivity index (χ0v) is 13.7. The summed E-state index contributed by atoms with van der Waals surface area (Å²) in [5.74, 6) is 2.59. The number of hydrogen-bond acceptors (Lipinski definition) is 4. The Bertz CT molecular complexity index is 638. The fourth-order valence-electron chi connectivity index (χ4n) is 2.31. The molecule has 1 heterocycles. The Kier molecular flexibility index (Phi) is 6.08. The molecule has 1 aliphatic heterocycles. The van der Waals surface area contributed by atoms with Crippen LogP contribution in [0.1, 0.15) is 18.4 Å². The maximum atomic E-state index is 12.2. The number of nitroso groups, excluding NO2 is 1. The Labute approximate surface area is 144 Å². The quantitative estimate of drug-likeness (QED) is 0.500. The van der Waals surface area contributed by atoms with Crippen molar-refractivity contribution in [1.82, 2.24) is 10.3 Å². The van der Waals surface area contributed by atoms with Gasteiger partial charge in [0.05, 0.1) is 16.1 Å². The predicted octanol–water partition coefficient (Wildman–Crippen LogP) is 2.62. The van der Waals surface area contributed by atoms with E-state index in [1.54, 1.807) is 4.90 Å². The third-order valence-corrected chi connectivity index (χ3v) is 4.22. The molecule has 1 aromatic carbocycles. The van der Waals surface area contributed by atoms with Crippen LogP contribution in [0, 0.1) is 17.3 Å². The number of nitrogens with one attached hydrogen (secondary N) is 1. The van der Waals surface area contributed by atoms with Gasteiger partial charge in [0.1, 0.15) is 5.75 Å². The third-order valence-electron chi connectivity index (χ3n) is 3.61. The number of carbonyl (C=O) groups excluding carboxylic acids is 1. The SMILES string of the molecule is C#Cc1cc(OCC(=O)N2CCC(NN=O)CC2)c(Cl)cc1Cl. The molecule has 1 aliphatic rings. The van der Waals surface area contributed by atoms with Gasteiger partial charge >= 0.3 is 0 Å². The minimum absolute atomic E-state index is 0.0152. The van der Waals surface area contributed by atoms with Gasteiger partial charge in [-0.2, -0.15) is 0 Å². The molecule has 1 amide bonds.